The number of ketones is 1. The first-order valence-corrected chi connectivity index (χ1v) is 9.51. The van der Waals surface area contributed by atoms with E-state index in [-0.39, 0.29) is 24.4 Å². The fourth-order valence-corrected chi connectivity index (χ4v) is 2.81. The van der Waals surface area contributed by atoms with Gasteiger partial charge in [0.2, 0.25) is 6.10 Å². The van der Waals surface area contributed by atoms with Crippen LogP contribution in [0.4, 0.5) is 5.82 Å². The molecule has 0 radical (unpaired) electrons. The van der Waals surface area contributed by atoms with Gasteiger partial charge in [0, 0.05) is 23.6 Å². The summed E-state index contributed by atoms with van der Waals surface area (Å²) in [6.07, 6.45) is -1.31. The van der Waals surface area contributed by atoms with Crippen molar-refractivity contribution in [3.8, 4) is 0 Å². The number of rotatable bonds is 8. The van der Waals surface area contributed by atoms with Gasteiger partial charge in [0.1, 0.15) is 5.76 Å². The molecule has 0 saturated heterocycles. The molecule has 1 aromatic heterocycles. The molecule has 30 heavy (non-hydrogen) atoms. The van der Waals surface area contributed by atoms with Gasteiger partial charge in [-0.25, -0.2) is 0 Å². The topological polar surface area (TPSA) is 98.5 Å². The maximum Gasteiger partial charge on any atom is 0.307 e. The van der Waals surface area contributed by atoms with E-state index in [2.05, 4.69) is 10.5 Å². The molecule has 2 aromatic carbocycles. The number of hydrogen-bond acceptors (Lipinski definition) is 6. The maximum absolute atomic E-state index is 12.7. The van der Waals surface area contributed by atoms with Crippen LogP contribution in [0.5, 0.6) is 0 Å². The second-order valence-electron chi connectivity index (χ2n) is 6.88. The van der Waals surface area contributed by atoms with Crippen LogP contribution in [0, 0.1) is 13.8 Å². The van der Waals surface area contributed by atoms with Crippen molar-refractivity contribution < 1.29 is 23.6 Å². The molecule has 154 valence electrons. The Morgan fingerprint density at radius 1 is 1.00 bits per heavy atom. The highest BCUT2D eigenvalue weighted by Crippen LogP contribution is 2.21. The number of carbonyl (C=O) groups is 3. The number of anilines is 1. The van der Waals surface area contributed by atoms with Gasteiger partial charge >= 0.3 is 5.97 Å². The minimum absolute atomic E-state index is 0.00644. The van der Waals surface area contributed by atoms with Crippen molar-refractivity contribution >= 4 is 23.5 Å². The minimum atomic E-state index is -1.18. The first-order valence-electron chi connectivity index (χ1n) is 9.51. The monoisotopic (exact) mass is 406 g/mol. The summed E-state index contributed by atoms with van der Waals surface area (Å²) in [6, 6.07) is 17.3. The lowest BCUT2D eigenvalue weighted by atomic mass is 10.1. The largest absolute Gasteiger partial charge is 0.447 e. The van der Waals surface area contributed by atoms with E-state index in [0.717, 1.165) is 5.56 Å². The predicted octanol–water partition coefficient (Wildman–Crippen LogP) is 4.18. The van der Waals surface area contributed by atoms with E-state index >= 15 is 0 Å². The summed E-state index contributed by atoms with van der Waals surface area (Å²) in [5.74, 6) is -0.605. The number of esters is 1. The van der Waals surface area contributed by atoms with Crippen LogP contribution in [0.15, 0.2) is 65.2 Å². The maximum atomic E-state index is 12.7. The molecule has 0 aliphatic carbocycles. The Labute approximate surface area is 174 Å². The molecule has 1 atom stereocenters. The van der Waals surface area contributed by atoms with Gasteiger partial charge in [-0.05, 0) is 13.8 Å². The smallest absolute Gasteiger partial charge is 0.307 e. The summed E-state index contributed by atoms with van der Waals surface area (Å²) >= 11 is 0. The van der Waals surface area contributed by atoms with Crippen LogP contribution >= 0.6 is 0 Å². The van der Waals surface area contributed by atoms with Gasteiger partial charge in [0.15, 0.2) is 11.6 Å². The van der Waals surface area contributed by atoms with Gasteiger partial charge in [0.05, 0.1) is 6.42 Å². The molecule has 0 aliphatic rings. The highest BCUT2D eigenvalue weighted by atomic mass is 16.5. The summed E-state index contributed by atoms with van der Waals surface area (Å²) in [4.78, 5) is 37.4. The molecule has 0 spiro atoms. The van der Waals surface area contributed by atoms with Crippen molar-refractivity contribution in [1.82, 2.24) is 5.16 Å². The number of amides is 1. The molecule has 1 amide bonds. The van der Waals surface area contributed by atoms with Crippen molar-refractivity contribution in [2.24, 2.45) is 0 Å². The lowest BCUT2D eigenvalue weighted by Gasteiger charge is -2.17. The molecular formula is C23H22N2O5. The number of Topliss-reactive ketones (excluding diaryl/α,β-unsaturated/α-hetero) is 1. The predicted molar refractivity (Wildman–Crippen MR) is 110 cm³/mol. The minimum Gasteiger partial charge on any atom is -0.447 e. The van der Waals surface area contributed by atoms with Crippen LogP contribution in [0.25, 0.3) is 0 Å². The van der Waals surface area contributed by atoms with E-state index in [4.69, 9.17) is 9.26 Å². The summed E-state index contributed by atoms with van der Waals surface area (Å²) in [5.41, 5.74) is 2.09. The molecule has 0 aliphatic heterocycles. The number of nitrogens with one attached hydrogen (secondary N) is 1. The number of nitrogens with zero attached hydrogens (tertiary/aromatic N) is 1. The number of hydrogen-bond donors (Lipinski definition) is 1. The van der Waals surface area contributed by atoms with Gasteiger partial charge in [0.25, 0.3) is 5.91 Å². The molecule has 7 heteroatoms. The standard InChI is InChI=1S/C23H22N2O5/c1-15-8-10-17(11-9-15)19(26)12-13-21(27)29-22(18-6-4-3-5-7-18)23(28)24-20-14-16(2)30-25-20/h3-11,14,22H,12-13H2,1-2H3,(H,24,25,28). The molecule has 3 rings (SSSR count). The Balaban J connectivity index is 1.64. The average molecular weight is 406 g/mol. The molecule has 3 aromatic rings. The average Bonchev–Trinajstić information content (AvgIpc) is 3.15. The van der Waals surface area contributed by atoms with Gasteiger partial charge in [-0.15, -0.1) is 0 Å². The SMILES string of the molecule is Cc1ccc(C(=O)CCC(=O)OC(C(=O)Nc2cc(C)on2)c2ccccc2)cc1. The highest BCUT2D eigenvalue weighted by molar-refractivity contribution is 5.98. The van der Waals surface area contributed by atoms with Crippen LogP contribution < -0.4 is 5.32 Å². The van der Waals surface area contributed by atoms with Gasteiger partial charge in [-0.2, -0.15) is 0 Å². The van der Waals surface area contributed by atoms with Crippen LogP contribution in [0.3, 0.4) is 0 Å². The molecule has 0 fully saturated rings. The Hall–Kier alpha value is -3.74. The van der Waals surface area contributed by atoms with E-state index in [9.17, 15) is 14.4 Å². The summed E-state index contributed by atoms with van der Waals surface area (Å²) in [5, 5.41) is 6.29. The molecule has 1 N–H and O–H groups in total. The Morgan fingerprint density at radius 2 is 1.70 bits per heavy atom. The van der Waals surface area contributed by atoms with Gasteiger partial charge < -0.3 is 14.6 Å². The van der Waals surface area contributed by atoms with E-state index in [1.807, 2.05) is 19.1 Å². The zero-order valence-corrected chi connectivity index (χ0v) is 16.8. The molecule has 7 nitrogen and oxygen atoms in total. The van der Waals surface area contributed by atoms with Gasteiger partial charge in [-0.1, -0.05) is 65.3 Å². The molecule has 1 heterocycles. The van der Waals surface area contributed by atoms with Crippen molar-refractivity contribution in [1.29, 1.82) is 0 Å². The lowest BCUT2D eigenvalue weighted by molar-refractivity contribution is -0.154. The van der Waals surface area contributed by atoms with Gasteiger partial charge in [-0.3, -0.25) is 14.4 Å². The third kappa shape index (κ3) is 5.64. The zero-order chi connectivity index (χ0) is 21.5. The first-order chi connectivity index (χ1) is 14.4. The van der Waals surface area contributed by atoms with Crippen LogP contribution in [0.2, 0.25) is 0 Å². The molecule has 0 saturated carbocycles. The normalized spacial score (nSPS) is 11.5. The first kappa shape index (κ1) is 21.0. The van der Waals surface area contributed by atoms with E-state index < -0.39 is 18.0 Å². The number of aryl methyl sites for hydroxylation is 2. The fourth-order valence-electron chi connectivity index (χ4n) is 2.81. The van der Waals surface area contributed by atoms with E-state index in [1.165, 1.54) is 0 Å². The van der Waals surface area contributed by atoms with Crippen LogP contribution in [0.1, 0.15) is 46.2 Å². The number of ether oxygens (including phenoxy) is 1. The van der Waals surface area contributed by atoms with Crippen molar-refractivity contribution in [2.75, 3.05) is 5.32 Å². The number of aromatic nitrogens is 1. The summed E-state index contributed by atoms with van der Waals surface area (Å²) in [6.45, 7) is 3.63. The summed E-state index contributed by atoms with van der Waals surface area (Å²) < 4.78 is 10.4. The second kappa shape index (κ2) is 9.65. The molecule has 0 bridgehead atoms. The second-order valence-corrected chi connectivity index (χ2v) is 6.88. The highest BCUT2D eigenvalue weighted by Gasteiger charge is 2.26. The van der Waals surface area contributed by atoms with Crippen LogP contribution in [-0.4, -0.2) is 22.8 Å². The van der Waals surface area contributed by atoms with Crippen molar-refractivity contribution in [3.05, 3.63) is 83.1 Å². The number of carbonyl (C=O) groups excluding carboxylic acids is 3. The molecular weight excluding hydrogens is 384 g/mol. The third-order valence-corrected chi connectivity index (χ3v) is 4.40. The van der Waals surface area contributed by atoms with E-state index in [0.29, 0.717) is 16.9 Å². The van der Waals surface area contributed by atoms with Crippen molar-refractivity contribution in [3.63, 3.8) is 0 Å². The fraction of sp³-hybridized carbons (Fsp3) is 0.217. The quantitative estimate of drug-likeness (QED) is 0.445. The summed E-state index contributed by atoms with van der Waals surface area (Å²) in [7, 11) is 0. The third-order valence-electron chi connectivity index (χ3n) is 4.40. The Kier molecular flexibility index (Phi) is 6.75. The lowest BCUT2D eigenvalue weighted by Crippen LogP contribution is -2.26. The Bertz CT molecular complexity index is 1030. The number of benzene rings is 2. The van der Waals surface area contributed by atoms with Crippen molar-refractivity contribution in [2.45, 2.75) is 32.8 Å². The Morgan fingerprint density at radius 3 is 2.33 bits per heavy atom. The van der Waals surface area contributed by atoms with E-state index in [1.54, 1.807) is 55.5 Å². The zero-order valence-electron chi connectivity index (χ0n) is 16.8. The van der Waals surface area contributed by atoms with Crippen LogP contribution in [-0.2, 0) is 14.3 Å². The molecule has 1 unspecified atom stereocenters.